The molecule has 1 atom stereocenters. The molecule has 2 aromatic heterocycles. The zero-order valence-electron chi connectivity index (χ0n) is 16.3. The number of fused-ring (bicyclic) bond motifs is 5. The zero-order chi connectivity index (χ0) is 20.1. The number of imidazole rings is 1. The lowest BCUT2D eigenvalue weighted by Gasteiger charge is -2.42. The van der Waals surface area contributed by atoms with Crippen LogP contribution in [0.3, 0.4) is 0 Å². The van der Waals surface area contributed by atoms with Crippen LogP contribution < -0.4 is 15.2 Å². The molecule has 4 heterocycles. The van der Waals surface area contributed by atoms with E-state index in [0.717, 1.165) is 22.9 Å². The maximum absolute atomic E-state index is 4.96. The molecule has 10 heteroatoms. The monoisotopic (exact) mass is 417 g/mol. The van der Waals surface area contributed by atoms with E-state index in [4.69, 9.17) is 9.98 Å². The van der Waals surface area contributed by atoms with Gasteiger partial charge in [-0.2, -0.15) is 0 Å². The maximum Gasteiger partial charge on any atom is 0.217 e. The Balaban J connectivity index is 1.48. The largest absolute Gasteiger partial charge is 0.331 e. The van der Waals surface area contributed by atoms with Gasteiger partial charge in [-0.3, -0.25) is 14.5 Å². The van der Waals surface area contributed by atoms with Crippen molar-refractivity contribution in [3.05, 3.63) is 66.7 Å². The number of para-hydroxylation sites is 2. The summed E-state index contributed by atoms with van der Waals surface area (Å²) in [6.45, 7) is 1.10. The highest BCUT2D eigenvalue weighted by molar-refractivity contribution is 7.98. The van der Waals surface area contributed by atoms with Crippen molar-refractivity contribution in [1.29, 1.82) is 0 Å². The standard InChI is InChI=1S/C20H19N9S/c1-30-15-8-6-14(7-9-15)18-25-19-21-10-27(26-11-22-23-12-26)13-28(19)20-24-16-4-2-3-5-17(16)29(18)20/h2-9,11-12,18H,10,13H2,1H3,(H,21,25)/t18-/m0/s1. The van der Waals surface area contributed by atoms with Gasteiger partial charge in [-0.1, -0.05) is 24.3 Å². The molecule has 2 aromatic carbocycles. The van der Waals surface area contributed by atoms with Crippen LogP contribution in [0.4, 0.5) is 5.95 Å². The fourth-order valence-electron chi connectivity index (χ4n) is 3.96. The fourth-order valence-corrected chi connectivity index (χ4v) is 4.37. The number of thioether (sulfide) groups is 1. The Kier molecular flexibility index (Phi) is 3.91. The average Bonchev–Trinajstić information content (AvgIpc) is 3.47. The number of aromatic nitrogens is 5. The molecule has 0 amide bonds. The molecule has 0 radical (unpaired) electrons. The lowest BCUT2D eigenvalue weighted by atomic mass is 10.1. The summed E-state index contributed by atoms with van der Waals surface area (Å²) in [5, 5.41) is 13.5. The molecular formula is C20H19N9S. The van der Waals surface area contributed by atoms with Crippen molar-refractivity contribution in [2.75, 3.05) is 29.5 Å². The van der Waals surface area contributed by atoms with E-state index in [0.29, 0.717) is 13.3 Å². The highest BCUT2D eigenvalue weighted by atomic mass is 32.2. The van der Waals surface area contributed by atoms with Crippen molar-refractivity contribution < 1.29 is 0 Å². The van der Waals surface area contributed by atoms with Gasteiger partial charge in [-0.15, -0.1) is 22.0 Å². The summed E-state index contributed by atoms with van der Waals surface area (Å²) in [5.74, 6) is 1.69. The second-order valence-corrected chi connectivity index (χ2v) is 8.01. The van der Waals surface area contributed by atoms with Crippen molar-refractivity contribution in [2.24, 2.45) is 4.99 Å². The van der Waals surface area contributed by atoms with E-state index in [1.165, 1.54) is 10.5 Å². The van der Waals surface area contributed by atoms with Gasteiger partial charge in [0, 0.05) is 4.90 Å². The van der Waals surface area contributed by atoms with E-state index >= 15 is 0 Å². The third kappa shape index (κ3) is 2.64. The van der Waals surface area contributed by atoms with Crippen LogP contribution in [0, 0.1) is 0 Å². The summed E-state index contributed by atoms with van der Waals surface area (Å²) in [6, 6.07) is 16.9. The molecule has 6 rings (SSSR count). The van der Waals surface area contributed by atoms with E-state index in [2.05, 4.69) is 67.6 Å². The van der Waals surface area contributed by atoms with Gasteiger partial charge in [0.2, 0.25) is 11.9 Å². The molecule has 0 fully saturated rings. The van der Waals surface area contributed by atoms with Gasteiger partial charge < -0.3 is 5.32 Å². The van der Waals surface area contributed by atoms with Crippen LogP contribution >= 0.6 is 11.8 Å². The number of nitrogens with one attached hydrogen (secondary N) is 1. The van der Waals surface area contributed by atoms with E-state index in [1.807, 2.05) is 21.8 Å². The molecule has 0 saturated carbocycles. The van der Waals surface area contributed by atoms with Crippen LogP contribution in [0.25, 0.3) is 11.0 Å². The molecule has 0 aliphatic carbocycles. The first-order valence-corrected chi connectivity index (χ1v) is 10.8. The van der Waals surface area contributed by atoms with Gasteiger partial charge >= 0.3 is 0 Å². The van der Waals surface area contributed by atoms with Crippen LogP contribution in [0.5, 0.6) is 0 Å². The van der Waals surface area contributed by atoms with Gasteiger partial charge in [0.25, 0.3) is 0 Å². The van der Waals surface area contributed by atoms with Gasteiger partial charge in [0.15, 0.2) is 0 Å². The summed E-state index contributed by atoms with van der Waals surface area (Å²) in [5.41, 5.74) is 3.21. The zero-order valence-corrected chi connectivity index (χ0v) is 17.1. The van der Waals surface area contributed by atoms with Crippen molar-refractivity contribution in [3.63, 3.8) is 0 Å². The second-order valence-electron chi connectivity index (χ2n) is 7.13. The van der Waals surface area contributed by atoms with Crippen LogP contribution in [0.1, 0.15) is 11.7 Å². The van der Waals surface area contributed by atoms with E-state index in [9.17, 15) is 0 Å². The lowest BCUT2D eigenvalue weighted by molar-refractivity contribution is 0.495. The Bertz CT molecular complexity index is 1230. The Labute approximate surface area is 177 Å². The predicted molar refractivity (Wildman–Crippen MR) is 117 cm³/mol. The van der Waals surface area contributed by atoms with Crippen molar-refractivity contribution in [2.45, 2.75) is 11.1 Å². The third-order valence-corrected chi connectivity index (χ3v) is 6.19. The molecule has 0 saturated heterocycles. The number of nitrogens with zero attached hydrogens (tertiary/aromatic N) is 8. The van der Waals surface area contributed by atoms with Crippen LogP contribution in [0.2, 0.25) is 0 Å². The smallest absolute Gasteiger partial charge is 0.217 e. The molecule has 150 valence electrons. The van der Waals surface area contributed by atoms with Crippen molar-refractivity contribution in [1.82, 2.24) is 29.7 Å². The molecule has 0 spiro atoms. The molecule has 0 unspecified atom stereocenters. The van der Waals surface area contributed by atoms with E-state index in [-0.39, 0.29) is 6.17 Å². The number of hydrogen-bond donors (Lipinski definition) is 1. The number of hydrogen-bond acceptors (Lipinski definition) is 8. The van der Waals surface area contributed by atoms with Crippen molar-refractivity contribution in [3.8, 4) is 0 Å². The normalized spacial score (nSPS) is 18.0. The summed E-state index contributed by atoms with van der Waals surface area (Å²) in [4.78, 5) is 13.1. The van der Waals surface area contributed by atoms with Crippen molar-refractivity contribution >= 4 is 34.7 Å². The summed E-state index contributed by atoms with van der Waals surface area (Å²) in [7, 11) is 0. The first-order valence-electron chi connectivity index (χ1n) is 9.61. The molecule has 0 bridgehead atoms. The first kappa shape index (κ1) is 17.3. The molecule has 2 aliphatic heterocycles. The Morgan fingerprint density at radius 3 is 2.63 bits per heavy atom. The highest BCUT2D eigenvalue weighted by Crippen LogP contribution is 2.34. The molecule has 2 aliphatic rings. The third-order valence-electron chi connectivity index (χ3n) is 5.45. The van der Waals surface area contributed by atoms with Crippen LogP contribution in [-0.4, -0.2) is 50.0 Å². The summed E-state index contributed by atoms with van der Waals surface area (Å²) in [6.07, 6.45) is 5.36. The minimum absolute atomic E-state index is 0.0835. The molecule has 30 heavy (non-hydrogen) atoms. The SMILES string of the molecule is CSc1ccc([C@H]2NC3=NCN(n4cnnc4)CN3c3nc4ccccc4n32)cc1. The molecule has 9 nitrogen and oxygen atoms in total. The predicted octanol–water partition coefficient (Wildman–Crippen LogP) is 2.23. The Morgan fingerprint density at radius 1 is 1.03 bits per heavy atom. The number of rotatable bonds is 3. The van der Waals surface area contributed by atoms with Gasteiger partial charge in [0.1, 0.15) is 32.2 Å². The topological polar surface area (TPSA) is 79.4 Å². The van der Waals surface area contributed by atoms with Gasteiger partial charge in [-0.25, -0.2) is 14.7 Å². The molecular weight excluding hydrogens is 398 g/mol. The second kappa shape index (κ2) is 6.77. The highest BCUT2D eigenvalue weighted by Gasteiger charge is 2.36. The Hall–Kier alpha value is -3.53. The molecule has 1 N–H and O–H groups in total. The van der Waals surface area contributed by atoms with Gasteiger partial charge in [-0.05, 0) is 36.1 Å². The fraction of sp³-hybridized carbons (Fsp3) is 0.200. The first-order chi connectivity index (χ1) is 14.8. The lowest BCUT2D eigenvalue weighted by Crippen LogP contribution is -2.59. The number of anilines is 1. The summed E-state index contributed by atoms with van der Waals surface area (Å²) >= 11 is 1.74. The number of guanidine groups is 1. The summed E-state index contributed by atoms with van der Waals surface area (Å²) < 4.78 is 4.10. The van der Waals surface area contributed by atoms with E-state index in [1.54, 1.807) is 24.4 Å². The molecule has 4 aromatic rings. The minimum Gasteiger partial charge on any atom is -0.331 e. The van der Waals surface area contributed by atoms with Crippen LogP contribution in [-0.2, 0) is 0 Å². The maximum atomic E-state index is 4.96. The quantitative estimate of drug-likeness (QED) is 0.512. The number of aliphatic imine (C=N–C) groups is 1. The minimum atomic E-state index is -0.0835. The van der Waals surface area contributed by atoms with Gasteiger partial charge in [0.05, 0.1) is 11.0 Å². The average molecular weight is 418 g/mol. The van der Waals surface area contributed by atoms with E-state index < -0.39 is 0 Å². The number of benzene rings is 2. The van der Waals surface area contributed by atoms with Crippen LogP contribution in [0.15, 0.2) is 71.1 Å². The Morgan fingerprint density at radius 2 is 1.83 bits per heavy atom.